The molecule has 1 atom stereocenters. The number of carbonyl (C=O) groups excluding carboxylic acids is 1. The number of hydrogen-bond acceptors (Lipinski definition) is 5. The predicted octanol–water partition coefficient (Wildman–Crippen LogP) is 0.412. The first-order valence-corrected chi connectivity index (χ1v) is 7.13. The van der Waals surface area contributed by atoms with Gasteiger partial charge < -0.3 is 16.0 Å². The van der Waals surface area contributed by atoms with Crippen LogP contribution in [0.15, 0.2) is 16.0 Å². The van der Waals surface area contributed by atoms with Crippen LogP contribution in [0.5, 0.6) is 0 Å². The normalized spacial score (nSPS) is 12.6. The molecule has 0 aromatic carbocycles. The molecule has 4 N–H and O–H groups in total. The van der Waals surface area contributed by atoms with E-state index in [2.05, 4.69) is 15.3 Å². The maximum absolute atomic E-state index is 11.3. The Hall–Kier alpha value is -1.34. The molecule has 0 aliphatic carbocycles. The third kappa shape index (κ3) is 5.89. The molecule has 0 bridgehead atoms. The molecule has 0 saturated heterocycles. The minimum Gasteiger partial charge on any atom is -0.368 e. The minimum absolute atomic E-state index is 0.165. The molecule has 1 aromatic rings. The van der Waals surface area contributed by atoms with Gasteiger partial charge in [0.15, 0.2) is 5.16 Å². The molecule has 0 fully saturated rings. The highest BCUT2D eigenvalue weighted by molar-refractivity contribution is 7.99. The van der Waals surface area contributed by atoms with Crippen LogP contribution in [-0.2, 0) is 4.79 Å². The molecule has 19 heavy (non-hydrogen) atoms. The topological polar surface area (TPSA) is 101 Å². The van der Waals surface area contributed by atoms with Crippen molar-refractivity contribution in [2.75, 3.05) is 5.75 Å². The molecule has 6 nitrogen and oxygen atoms in total. The second kappa shape index (κ2) is 7.30. The van der Waals surface area contributed by atoms with E-state index in [0.29, 0.717) is 23.0 Å². The number of rotatable bonds is 7. The van der Waals surface area contributed by atoms with E-state index in [0.717, 1.165) is 0 Å². The van der Waals surface area contributed by atoms with E-state index in [1.807, 2.05) is 13.8 Å². The van der Waals surface area contributed by atoms with Gasteiger partial charge in [-0.1, -0.05) is 25.6 Å². The number of primary amides is 1. The SMILES string of the molecule is Cc1cc(=O)[nH]c(SCCC(NC(C)C)C(N)=O)n1. The molecular formula is C12H20N4O2S. The maximum Gasteiger partial charge on any atom is 0.251 e. The molecule has 0 saturated carbocycles. The smallest absolute Gasteiger partial charge is 0.251 e. The van der Waals surface area contributed by atoms with Crippen molar-refractivity contribution in [1.82, 2.24) is 15.3 Å². The summed E-state index contributed by atoms with van der Waals surface area (Å²) < 4.78 is 0. The summed E-state index contributed by atoms with van der Waals surface area (Å²) in [5, 5.41) is 3.68. The summed E-state index contributed by atoms with van der Waals surface area (Å²) in [6.07, 6.45) is 0.593. The minimum atomic E-state index is -0.361. The molecular weight excluding hydrogens is 264 g/mol. The van der Waals surface area contributed by atoms with Crippen LogP contribution in [-0.4, -0.2) is 33.7 Å². The van der Waals surface area contributed by atoms with Crippen LogP contribution in [0.25, 0.3) is 0 Å². The van der Waals surface area contributed by atoms with Crippen molar-refractivity contribution in [3.63, 3.8) is 0 Å². The van der Waals surface area contributed by atoms with E-state index in [-0.39, 0.29) is 23.6 Å². The van der Waals surface area contributed by atoms with Gasteiger partial charge in [0, 0.05) is 23.6 Å². The molecule has 106 valence electrons. The summed E-state index contributed by atoms with van der Waals surface area (Å²) in [5.74, 6) is 0.291. The molecule has 1 unspecified atom stereocenters. The highest BCUT2D eigenvalue weighted by atomic mass is 32.2. The first kappa shape index (κ1) is 15.7. The van der Waals surface area contributed by atoms with Gasteiger partial charge >= 0.3 is 0 Å². The molecule has 7 heteroatoms. The number of aromatic amines is 1. The van der Waals surface area contributed by atoms with Crippen LogP contribution in [0, 0.1) is 6.92 Å². The Kier molecular flexibility index (Phi) is 6.04. The van der Waals surface area contributed by atoms with Crippen molar-refractivity contribution in [3.05, 3.63) is 22.1 Å². The first-order valence-electron chi connectivity index (χ1n) is 6.14. The van der Waals surface area contributed by atoms with Gasteiger partial charge in [0.1, 0.15) is 0 Å². The first-order chi connectivity index (χ1) is 8.88. The maximum atomic E-state index is 11.3. The second-order valence-corrected chi connectivity index (χ2v) is 5.69. The Bertz CT molecular complexity index is 487. The molecule has 1 rings (SSSR count). The number of aromatic nitrogens is 2. The summed E-state index contributed by atoms with van der Waals surface area (Å²) >= 11 is 1.41. The summed E-state index contributed by atoms with van der Waals surface area (Å²) in [6, 6.07) is 1.28. The second-order valence-electron chi connectivity index (χ2n) is 4.61. The third-order valence-corrected chi connectivity index (χ3v) is 3.28. The lowest BCUT2D eigenvalue weighted by molar-refractivity contribution is -0.120. The highest BCUT2D eigenvalue weighted by Gasteiger charge is 2.15. The number of thioether (sulfide) groups is 1. The van der Waals surface area contributed by atoms with E-state index >= 15 is 0 Å². The van der Waals surface area contributed by atoms with Gasteiger partial charge in [-0.15, -0.1) is 0 Å². The van der Waals surface area contributed by atoms with E-state index in [1.54, 1.807) is 6.92 Å². The molecule has 0 radical (unpaired) electrons. The Labute approximate surface area is 116 Å². The lowest BCUT2D eigenvalue weighted by Gasteiger charge is -2.17. The predicted molar refractivity (Wildman–Crippen MR) is 76.2 cm³/mol. The van der Waals surface area contributed by atoms with E-state index in [4.69, 9.17) is 5.73 Å². The largest absolute Gasteiger partial charge is 0.368 e. The van der Waals surface area contributed by atoms with Gasteiger partial charge in [0.05, 0.1) is 6.04 Å². The van der Waals surface area contributed by atoms with E-state index < -0.39 is 0 Å². The van der Waals surface area contributed by atoms with Gasteiger partial charge in [-0.05, 0) is 13.3 Å². The molecule has 1 amide bonds. The molecule has 1 heterocycles. The van der Waals surface area contributed by atoms with Crippen LogP contribution in [0.2, 0.25) is 0 Å². The quantitative estimate of drug-likeness (QED) is 0.497. The summed E-state index contributed by atoms with van der Waals surface area (Å²) in [5.41, 5.74) is 5.84. The molecule has 0 aliphatic rings. The van der Waals surface area contributed by atoms with Gasteiger partial charge in [-0.25, -0.2) is 4.98 Å². The number of H-pyrrole nitrogens is 1. The molecule has 0 spiro atoms. The monoisotopic (exact) mass is 284 g/mol. The standard InChI is InChI=1S/C12H20N4O2S/c1-7(2)14-9(11(13)18)4-5-19-12-15-8(3)6-10(17)16-12/h6-7,9,14H,4-5H2,1-3H3,(H2,13,18)(H,15,16,17). The zero-order valence-corrected chi connectivity index (χ0v) is 12.2. The highest BCUT2D eigenvalue weighted by Crippen LogP contribution is 2.13. The number of nitrogens with zero attached hydrogens (tertiary/aromatic N) is 1. The summed E-state index contributed by atoms with van der Waals surface area (Å²) in [7, 11) is 0. The zero-order chi connectivity index (χ0) is 14.4. The van der Waals surface area contributed by atoms with Crippen molar-refractivity contribution in [1.29, 1.82) is 0 Å². The lowest BCUT2D eigenvalue weighted by atomic mass is 10.2. The molecule has 0 aliphatic heterocycles. The van der Waals surface area contributed by atoms with Crippen molar-refractivity contribution >= 4 is 17.7 Å². The Morgan fingerprint density at radius 1 is 1.58 bits per heavy atom. The fourth-order valence-corrected chi connectivity index (χ4v) is 2.53. The Morgan fingerprint density at radius 2 is 2.26 bits per heavy atom. The molecule has 1 aromatic heterocycles. The van der Waals surface area contributed by atoms with Crippen LogP contribution >= 0.6 is 11.8 Å². The van der Waals surface area contributed by atoms with E-state index in [1.165, 1.54) is 17.8 Å². The van der Waals surface area contributed by atoms with Gasteiger partial charge in [-0.2, -0.15) is 0 Å². The van der Waals surface area contributed by atoms with E-state index in [9.17, 15) is 9.59 Å². The van der Waals surface area contributed by atoms with Crippen molar-refractivity contribution < 1.29 is 4.79 Å². The number of hydrogen-bond donors (Lipinski definition) is 3. The van der Waals surface area contributed by atoms with Crippen LogP contribution in [0.3, 0.4) is 0 Å². The fraction of sp³-hybridized carbons (Fsp3) is 0.583. The van der Waals surface area contributed by atoms with Crippen LogP contribution in [0.4, 0.5) is 0 Å². The average molecular weight is 284 g/mol. The van der Waals surface area contributed by atoms with Crippen LogP contribution < -0.4 is 16.6 Å². The Morgan fingerprint density at radius 3 is 2.79 bits per heavy atom. The summed E-state index contributed by atoms with van der Waals surface area (Å²) in [4.78, 5) is 29.4. The van der Waals surface area contributed by atoms with Crippen LogP contribution in [0.1, 0.15) is 26.0 Å². The van der Waals surface area contributed by atoms with Crippen molar-refractivity contribution in [3.8, 4) is 0 Å². The number of nitrogens with two attached hydrogens (primary N) is 1. The van der Waals surface area contributed by atoms with Crippen molar-refractivity contribution in [2.24, 2.45) is 5.73 Å². The summed E-state index contributed by atoms with van der Waals surface area (Å²) in [6.45, 7) is 5.69. The van der Waals surface area contributed by atoms with Gasteiger partial charge in [0.2, 0.25) is 5.91 Å². The number of nitrogens with one attached hydrogen (secondary N) is 2. The Balaban J connectivity index is 2.51. The zero-order valence-electron chi connectivity index (χ0n) is 11.4. The number of carbonyl (C=O) groups is 1. The number of aryl methyl sites for hydroxylation is 1. The third-order valence-electron chi connectivity index (χ3n) is 2.37. The van der Waals surface area contributed by atoms with Gasteiger partial charge in [-0.3, -0.25) is 9.59 Å². The van der Waals surface area contributed by atoms with Crippen molar-refractivity contribution in [2.45, 2.75) is 44.4 Å². The number of amides is 1. The fourth-order valence-electron chi connectivity index (χ4n) is 1.60. The lowest BCUT2D eigenvalue weighted by Crippen LogP contribution is -2.44. The van der Waals surface area contributed by atoms with Gasteiger partial charge in [0.25, 0.3) is 5.56 Å². The average Bonchev–Trinajstić information content (AvgIpc) is 2.25.